The number of nitrogens with two attached hydrogens (primary N) is 1. The highest BCUT2D eigenvalue weighted by Crippen LogP contribution is 2.42. The molecule has 2 fully saturated rings. The summed E-state index contributed by atoms with van der Waals surface area (Å²) < 4.78 is 106. The van der Waals surface area contributed by atoms with Crippen molar-refractivity contribution in [3.8, 4) is 17.4 Å². The summed E-state index contributed by atoms with van der Waals surface area (Å²) in [4.78, 5) is 19.4. The van der Waals surface area contributed by atoms with E-state index in [9.17, 15) is 26.3 Å². The molecule has 3 aromatic rings. The molecule has 6 heterocycles. The maximum Gasteiger partial charge on any atom is 0.421 e. The molecule has 0 aliphatic carbocycles. The number of alkyl halides is 4. The van der Waals surface area contributed by atoms with Crippen LogP contribution in [-0.4, -0.2) is 69.3 Å². The predicted octanol–water partition coefficient (Wildman–Crippen LogP) is 4.98. The van der Waals surface area contributed by atoms with Crippen LogP contribution in [0.15, 0.2) is 24.2 Å². The summed E-state index contributed by atoms with van der Waals surface area (Å²) in [6.45, 7) is 1.05. The third-order valence-corrected chi connectivity index (χ3v) is 7.78. The van der Waals surface area contributed by atoms with Crippen LogP contribution in [0.1, 0.15) is 31.2 Å². The Balaban J connectivity index is 1.48. The number of halogens is 7. The SMILES string of the molecule is Nc1cc(F)c(C(F)(F)F)c(-c2ncc3c(N4CCC=C(F)C4)nc(OCC45CCCN4CC(F)C5)nc3c2F)n1. The van der Waals surface area contributed by atoms with Gasteiger partial charge in [-0.2, -0.15) is 23.1 Å². The fraction of sp³-hybridized carbons (Fsp3) is 0.462. The van der Waals surface area contributed by atoms with Gasteiger partial charge in [-0.25, -0.2) is 22.5 Å². The molecule has 218 valence electrons. The summed E-state index contributed by atoms with van der Waals surface area (Å²) in [6.07, 6.45) is -1.78. The van der Waals surface area contributed by atoms with E-state index in [1.165, 1.54) is 11.0 Å². The molecule has 0 bridgehead atoms. The highest BCUT2D eigenvalue weighted by Gasteiger charge is 2.49. The number of aromatic nitrogens is 4. The Kier molecular flexibility index (Phi) is 6.66. The number of nitrogen functional groups attached to an aromatic ring is 1. The summed E-state index contributed by atoms with van der Waals surface area (Å²) in [5, 5.41) is -0.0309. The van der Waals surface area contributed by atoms with Crippen molar-refractivity contribution in [2.75, 3.05) is 43.4 Å². The van der Waals surface area contributed by atoms with E-state index >= 15 is 4.39 Å². The lowest BCUT2D eigenvalue weighted by molar-refractivity contribution is -0.139. The van der Waals surface area contributed by atoms with E-state index in [0.29, 0.717) is 32.0 Å². The number of pyridine rings is 2. The van der Waals surface area contributed by atoms with Crippen LogP contribution < -0.4 is 15.4 Å². The molecule has 3 aromatic heterocycles. The minimum absolute atomic E-state index is 0.00754. The van der Waals surface area contributed by atoms with Gasteiger partial charge < -0.3 is 15.4 Å². The van der Waals surface area contributed by atoms with E-state index in [4.69, 9.17) is 10.5 Å². The van der Waals surface area contributed by atoms with Crippen molar-refractivity contribution in [1.29, 1.82) is 0 Å². The number of hydrogen-bond donors (Lipinski definition) is 1. The minimum Gasteiger partial charge on any atom is -0.461 e. The zero-order valence-corrected chi connectivity index (χ0v) is 21.5. The van der Waals surface area contributed by atoms with Gasteiger partial charge in [0.2, 0.25) is 0 Å². The largest absolute Gasteiger partial charge is 0.461 e. The Morgan fingerprint density at radius 1 is 1.10 bits per heavy atom. The molecule has 41 heavy (non-hydrogen) atoms. The minimum atomic E-state index is -5.24. The topological polar surface area (TPSA) is 93.3 Å². The number of hydrogen-bond acceptors (Lipinski definition) is 8. The van der Waals surface area contributed by atoms with Crippen LogP contribution in [-0.2, 0) is 6.18 Å². The Bertz CT molecular complexity index is 1550. The lowest BCUT2D eigenvalue weighted by Gasteiger charge is -2.31. The van der Waals surface area contributed by atoms with Gasteiger partial charge in [-0.05, 0) is 31.9 Å². The number of fused-ring (bicyclic) bond motifs is 2. The average molecular weight is 584 g/mol. The molecule has 2 saturated heterocycles. The van der Waals surface area contributed by atoms with Crippen LogP contribution in [0, 0.1) is 11.6 Å². The van der Waals surface area contributed by atoms with Gasteiger partial charge >= 0.3 is 12.2 Å². The Morgan fingerprint density at radius 2 is 1.90 bits per heavy atom. The van der Waals surface area contributed by atoms with Gasteiger partial charge in [-0.15, -0.1) is 0 Å². The first-order chi connectivity index (χ1) is 19.4. The lowest BCUT2D eigenvalue weighted by atomic mass is 9.95. The zero-order valence-electron chi connectivity index (χ0n) is 21.5. The third kappa shape index (κ3) is 4.89. The first-order valence-electron chi connectivity index (χ1n) is 13.0. The predicted molar refractivity (Wildman–Crippen MR) is 134 cm³/mol. The van der Waals surface area contributed by atoms with Gasteiger partial charge in [0.05, 0.1) is 17.5 Å². The molecule has 3 aliphatic heterocycles. The number of anilines is 2. The van der Waals surface area contributed by atoms with Crippen LogP contribution in [0.3, 0.4) is 0 Å². The van der Waals surface area contributed by atoms with Gasteiger partial charge in [-0.3, -0.25) is 9.88 Å². The van der Waals surface area contributed by atoms with E-state index in [2.05, 4.69) is 19.9 Å². The standard InChI is InChI=1S/C26H24F7N7O/c27-13-3-1-5-39(10-13)23-15-9-35-22(21-18(26(31,32)33)16(29)7-17(34)36-21)19(30)20(15)37-24(38-23)41-12-25-4-2-6-40(25)11-14(28)8-25/h3,7,9,14H,1-2,4-6,8,10-12H2,(H2,34,36). The van der Waals surface area contributed by atoms with Gasteiger partial charge in [0.25, 0.3) is 0 Å². The summed E-state index contributed by atoms with van der Waals surface area (Å²) in [7, 11) is 0. The van der Waals surface area contributed by atoms with Crippen molar-refractivity contribution in [3.63, 3.8) is 0 Å². The molecule has 2 atom stereocenters. The Morgan fingerprint density at radius 3 is 2.66 bits per heavy atom. The second kappa shape index (κ2) is 9.96. The molecular formula is C26H24F7N7O. The molecule has 0 radical (unpaired) electrons. The molecule has 3 aliphatic rings. The molecular weight excluding hydrogens is 559 g/mol. The fourth-order valence-electron chi connectivity index (χ4n) is 6.00. The van der Waals surface area contributed by atoms with E-state index in [1.807, 2.05) is 4.90 Å². The van der Waals surface area contributed by atoms with E-state index in [1.54, 1.807) is 0 Å². The molecule has 2 unspecified atom stereocenters. The van der Waals surface area contributed by atoms with Crippen molar-refractivity contribution in [3.05, 3.63) is 41.4 Å². The molecule has 0 saturated carbocycles. The molecule has 0 spiro atoms. The van der Waals surface area contributed by atoms with E-state index < -0.39 is 63.6 Å². The van der Waals surface area contributed by atoms with E-state index in [0.717, 1.165) is 12.6 Å². The second-order valence-electron chi connectivity index (χ2n) is 10.5. The van der Waals surface area contributed by atoms with Gasteiger partial charge in [-0.1, -0.05) is 0 Å². The van der Waals surface area contributed by atoms with Crippen molar-refractivity contribution in [2.45, 2.75) is 43.6 Å². The third-order valence-electron chi connectivity index (χ3n) is 7.78. The second-order valence-corrected chi connectivity index (χ2v) is 10.5. The summed E-state index contributed by atoms with van der Waals surface area (Å²) in [6, 6.07) is 0.0527. The highest BCUT2D eigenvalue weighted by molar-refractivity contribution is 5.92. The molecule has 2 N–H and O–H groups in total. The number of ether oxygens (including phenoxy) is 1. The molecule has 8 nitrogen and oxygen atoms in total. The van der Waals surface area contributed by atoms with E-state index in [-0.39, 0.29) is 43.3 Å². The maximum absolute atomic E-state index is 16.1. The normalized spacial score (nSPS) is 23.2. The van der Waals surface area contributed by atoms with Crippen molar-refractivity contribution in [1.82, 2.24) is 24.8 Å². The molecule has 15 heteroatoms. The van der Waals surface area contributed by atoms with Gasteiger partial charge in [0.1, 0.15) is 58.5 Å². The average Bonchev–Trinajstić information content (AvgIpc) is 3.42. The smallest absolute Gasteiger partial charge is 0.421 e. The first-order valence-corrected chi connectivity index (χ1v) is 13.0. The van der Waals surface area contributed by atoms with Gasteiger partial charge in [0, 0.05) is 31.8 Å². The van der Waals surface area contributed by atoms with Crippen molar-refractivity contribution in [2.24, 2.45) is 0 Å². The molecule has 0 amide bonds. The number of rotatable bonds is 5. The zero-order chi connectivity index (χ0) is 29.1. The summed E-state index contributed by atoms with van der Waals surface area (Å²) in [5.74, 6) is -4.11. The number of nitrogens with zero attached hydrogens (tertiary/aromatic N) is 6. The van der Waals surface area contributed by atoms with Crippen molar-refractivity contribution >= 4 is 22.5 Å². The highest BCUT2D eigenvalue weighted by atomic mass is 19.4. The lowest BCUT2D eigenvalue weighted by Crippen LogP contribution is -2.43. The van der Waals surface area contributed by atoms with Crippen molar-refractivity contribution < 1.29 is 35.5 Å². The summed E-state index contributed by atoms with van der Waals surface area (Å²) >= 11 is 0. The van der Waals surface area contributed by atoms with Crippen LogP contribution in [0.4, 0.5) is 42.4 Å². The quantitative estimate of drug-likeness (QED) is 0.421. The Labute approximate surface area is 229 Å². The van der Waals surface area contributed by atoms with Gasteiger partial charge in [0.15, 0.2) is 5.82 Å². The van der Waals surface area contributed by atoms with Crippen LogP contribution in [0.25, 0.3) is 22.3 Å². The fourth-order valence-corrected chi connectivity index (χ4v) is 6.00. The first kappa shape index (κ1) is 27.4. The molecule has 0 aromatic carbocycles. The molecule has 6 rings (SSSR count). The monoisotopic (exact) mass is 583 g/mol. The summed E-state index contributed by atoms with van der Waals surface area (Å²) in [5.41, 5.74) is 0.484. The maximum atomic E-state index is 16.1. The Hall–Kier alpha value is -3.75. The van der Waals surface area contributed by atoms with Crippen LogP contribution >= 0.6 is 0 Å². The van der Waals surface area contributed by atoms with Crippen LogP contribution in [0.5, 0.6) is 6.01 Å². The van der Waals surface area contributed by atoms with Crippen LogP contribution in [0.2, 0.25) is 0 Å².